The molecule has 13 heteroatoms. The Bertz CT molecular complexity index is 1380. The number of rotatable bonds is 18. The molecule has 2 rings (SSSR count). The van der Waals surface area contributed by atoms with E-state index < -0.39 is 53.9 Å². The van der Waals surface area contributed by atoms with Crippen molar-refractivity contribution in [2.75, 3.05) is 6.61 Å². The first-order valence-corrected chi connectivity index (χ1v) is 15.3. The third-order valence-corrected chi connectivity index (χ3v) is 6.57. The van der Waals surface area contributed by atoms with Crippen LogP contribution >= 0.6 is 0 Å². The quantitative estimate of drug-likeness (QED) is 0.106. The molecule has 0 aliphatic rings. The monoisotopic (exact) mass is 652 g/mol. The van der Waals surface area contributed by atoms with Gasteiger partial charge in [0, 0.05) is 31.9 Å². The van der Waals surface area contributed by atoms with Gasteiger partial charge in [-0.3, -0.25) is 19.2 Å². The number of primary amides is 1. The van der Waals surface area contributed by atoms with Gasteiger partial charge in [0.05, 0.1) is 6.61 Å². The van der Waals surface area contributed by atoms with Gasteiger partial charge in [0.25, 0.3) is 0 Å². The number of alkyl carbamates (subject to hydrolysis) is 1. The number of nitrogens with one attached hydrogen (secondary N) is 3. The van der Waals surface area contributed by atoms with Crippen LogP contribution in [0, 0.1) is 5.92 Å². The lowest BCUT2D eigenvalue weighted by atomic mass is 10.0. The molecule has 0 radical (unpaired) electrons. The smallest absolute Gasteiger partial charge is 0.408 e. The Morgan fingerprint density at radius 2 is 1.49 bits per heavy atom. The Hall–Kier alpha value is -5.20. The number of benzene rings is 2. The molecule has 0 aliphatic heterocycles. The molecule has 0 aromatic heterocycles. The highest BCUT2D eigenvalue weighted by molar-refractivity contribution is 5.92. The molecule has 254 valence electrons. The van der Waals surface area contributed by atoms with Crippen LogP contribution in [0.2, 0.25) is 0 Å². The van der Waals surface area contributed by atoms with Crippen LogP contribution in [0.4, 0.5) is 4.79 Å². The van der Waals surface area contributed by atoms with Crippen molar-refractivity contribution in [2.24, 2.45) is 11.7 Å². The van der Waals surface area contributed by atoms with Crippen molar-refractivity contribution in [2.45, 2.75) is 78.1 Å². The summed E-state index contributed by atoms with van der Waals surface area (Å²) in [5.74, 6) is -2.68. The molecule has 3 atom stereocenters. The van der Waals surface area contributed by atoms with Gasteiger partial charge in [-0.05, 0) is 48.9 Å². The highest BCUT2D eigenvalue weighted by Gasteiger charge is 2.29. The molecule has 0 fully saturated rings. The average molecular weight is 653 g/mol. The number of carbonyl (C=O) groups is 6. The summed E-state index contributed by atoms with van der Waals surface area (Å²) in [5.41, 5.74) is 6.70. The molecule has 0 heterocycles. The van der Waals surface area contributed by atoms with Crippen molar-refractivity contribution < 1.29 is 43.0 Å². The molecular weight excluding hydrogens is 608 g/mol. The van der Waals surface area contributed by atoms with Crippen LogP contribution in [-0.4, -0.2) is 60.5 Å². The van der Waals surface area contributed by atoms with Gasteiger partial charge < -0.3 is 35.9 Å². The van der Waals surface area contributed by atoms with E-state index in [9.17, 15) is 28.8 Å². The fraction of sp³-hybridized carbons (Fsp3) is 0.412. The fourth-order valence-electron chi connectivity index (χ4n) is 4.37. The van der Waals surface area contributed by atoms with Crippen molar-refractivity contribution in [3.05, 3.63) is 77.9 Å². The molecule has 2 aromatic rings. The average Bonchev–Trinajstić information content (AvgIpc) is 3.01. The Kier molecular flexibility index (Phi) is 16.2. The summed E-state index contributed by atoms with van der Waals surface area (Å²) in [6.07, 6.45) is 1.98. The Labute approximate surface area is 274 Å². The van der Waals surface area contributed by atoms with E-state index in [0.717, 1.165) is 11.6 Å². The zero-order chi connectivity index (χ0) is 34.8. The summed E-state index contributed by atoms with van der Waals surface area (Å²) in [6.45, 7) is 6.83. The number of ether oxygens (including phenoxy) is 3. The van der Waals surface area contributed by atoms with E-state index in [4.69, 9.17) is 19.9 Å². The second-order valence-corrected chi connectivity index (χ2v) is 11.1. The predicted octanol–water partition coefficient (Wildman–Crippen LogP) is 2.85. The third kappa shape index (κ3) is 15.6. The van der Waals surface area contributed by atoms with Crippen LogP contribution in [0.1, 0.15) is 58.1 Å². The first kappa shape index (κ1) is 38.0. The first-order chi connectivity index (χ1) is 22.4. The lowest BCUT2D eigenvalue weighted by Gasteiger charge is -2.25. The molecule has 0 bridgehead atoms. The van der Waals surface area contributed by atoms with Crippen LogP contribution in [-0.2, 0) is 46.5 Å². The zero-order valence-corrected chi connectivity index (χ0v) is 27.2. The standard InChI is InChI=1S/C34H44N4O9/c1-5-45-31(41)18-14-26(13-17-30(35)40)36-32(42)29(20-24-11-15-27(16-12-24)47-23(4)39)37-33(43)28(19-22(2)3)38-34(44)46-21-25-9-7-6-8-10-25/h6-12,14-16,18,22,26,28-29H,5,13,17,19-21H2,1-4H3,(H2,35,40)(H,36,42)(H,37,43)(H,38,44)/b18-14+/t26-,28-,29-/m0/s1. The molecule has 0 unspecified atom stereocenters. The molecule has 47 heavy (non-hydrogen) atoms. The highest BCUT2D eigenvalue weighted by Crippen LogP contribution is 2.15. The third-order valence-electron chi connectivity index (χ3n) is 6.57. The molecule has 5 N–H and O–H groups in total. The van der Waals surface area contributed by atoms with Gasteiger partial charge in [-0.15, -0.1) is 0 Å². The van der Waals surface area contributed by atoms with Crippen molar-refractivity contribution in [3.8, 4) is 5.75 Å². The minimum Gasteiger partial charge on any atom is -0.463 e. The van der Waals surface area contributed by atoms with Gasteiger partial charge in [0.15, 0.2) is 0 Å². The van der Waals surface area contributed by atoms with Gasteiger partial charge >= 0.3 is 18.0 Å². The normalized spacial score (nSPS) is 12.8. The Morgan fingerprint density at radius 1 is 0.830 bits per heavy atom. The van der Waals surface area contributed by atoms with Crippen LogP contribution in [0.3, 0.4) is 0 Å². The molecule has 2 aromatic carbocycles. The zero-order valence-electron chi connectivity index (χ0n) is 27.2. The largest absolute Gasteiger partial charge is 0.463 e. The van der Waals surface area contributed by atoms with Gasteiger partial charge in [-0.25, -0.2) is 9.59 Å². The van der Waals surface area contributed by atoms with Gasteiger partial charge in [0.1, 0.15) is 24.4 Å². The summed E-state index contributed by atoms with van der Waals surface area (Å²) in [4.78, 5) is 74.7. The van der Waals surface area contributed by atoms with Crippen LogP contribution in [0.25, 0.3) is 0 Å². The van der Waals surface area contributed by atoms with E-state index in [0.29, 0.717) is 11.3 Å². The Balaban J connectivity index is 2.29. The molecule has 0 saturated carbocycles. The first-order valence-electron chi connectivity index (χ1n) is 15.3. The van der Waals surface area contributed by atoms with E-state index in [2.05, 4.69) is 16.0 Å². The molecule has 13 nitrogen and oxygen atoms in total. The Morgan fingerprint density at radius 3 is 2.09 bits per heavy atom. The lowest BCUT2D eigenvalue weighted by molar-refractivity contribution is -0.137. The van der Waals surface area contributed by atoms with Crippen molar-refractivity contribution in [3.63, 3.8) is 0 Å². The van der Waals surface area contributed by atoms with E-state index >= 15 is 0 Å². The maximum atomic E-state index is 13.7. The van der Waals surface area contributed by atoms with Gasteiger partial charge in [-0.1, -0.05) is 62.4 Å². The van der Waals surface area contributed by atoms with Crippen molar-refractivity contribution >= 4 is 35.8 Å². The van der Waals surface area contributed by atoms with E-state index in [1.807, 2.05) is 32.0 Å². The maximum Gasteiger partial charge on any atom is 0.408 e. The molecule has 0 saturated heterocycles. The minimum atomic E-state index is -1.16. The maximum absolute atomic E-state index is 13.7. The molecule has 0 aliphatic carbocycles. The fourth-order valence-corrected chi connectivity index (χ4v) is 4.37. The number of amides is 4. The number of nitrogens with two attached hydrogens (primary N) is 1. The molecule has 0 spiro atoms. The van der Waals surface area contributed by atoms with Crippen LogP contribution in [0.15, 0.2) is 66.7 Å². The lowest BCUT2D eigenvalue weighted by Crippen LogP contribution is -2.55. The van der Waals surface area contributed by atoms with E-state index in [1.54, 1.807) is 43.3 Å². The SMILES string of the molecule is CCOC(=O)/C=C/[C@H](CCC(N)=O)NC(=O)[C@H](Cc1ccc(OC(C)=O)cc1)NC(=O)[C@H](CC(C)C)NC(=O)OCc1ccccc1. The topological polar surface area (TPSA) is 192 Å². The van der Waals surface area contributed by atoms with Gasteiger partial charge in [0.2, 0.25) is 17.7 Å². The minimum absolute atomic E-state index is 0.00304. The second kappa shape index (κ2) is 20.0. The highest BCUT2D eigenvalue weighted by atomic mass is 16.5. The number of hydrogen-bond acceptors (Lipinski definition) is 9. The summed E-state index contributed by atoms with van der Waals surface area (Å²) in [5, 5.41) is 8.10. The number of hydrogen-bond donors (Lipinski definition) is 4. The summed E-state index contributed by atoms with van der Waals surface area (Å²) in [6, 6.07) is 12.4. The predicted molar refractivity (Wildman–Crippen MR) is 173 cm³/mol. The van der Waals surface area contributed by atoms with Crippen molar-refractivity contribution in [1.29, 1.82) is 0 Å². The number of esters is 2. The summed E-state index contributed by atoms with van der Waals surface area (Å²) < 4.78 is 15.3. The van der Waals surface area contributed by atoms with Crippen molar-refractivity contribution in [1.82, 2.24) is 16.0 Å². The van der Waals surface area contributed by atoms with Crippen LogP contribution < -0.4 is 26.4 Å². The van der Waals surface area contributed by atoms with Gasteiger partial charge in [-0.2, -0.15) is 0 Å². The van der Waals surface area contributed by atoms with E-state index in [1.165, 1.54) is 13.0 Å². The van der Waals surface area contributed by atoms with E-state index in [-0.39, 0.29) is 44.8 Å². The second-order valence-electron chi connectivity index (χ2n) is 11.1. The summed E-state index contributed by atoms with van der Waals surface area (Å²) >= 11 is 0. The summed E-state index contributed by atoms with van der Waals surface area (Å²) in [7, 11) is 0. The molecular formula is C34H44N4O9. The number of carbonyl (C=O) groups excluding carboxylic acids is 6. The molecule has 4 amide bonds. The van der Waals surface area contributed by atoms with Crippen LogP contribution in [0.5, 0.6) is 5.75 Å².